The minimum atomic E-state index is -1.24. The van der Waals surface area contributed by atoms with Crippen LogP contribution in [0.5, 0.6) is 0 Å². The average molecular weight is 384 g/mol. The van der Waals surface area contributed by atoms with Gasteiger partial charge in [-0.05, 0) is 27.7 Å². The summed E-state index contributed by atoms with van der Waals surface area (Å²) in [5.41, 5.74) is -1.24. The number of ether oxygens (including phenoxy) is 5. The molecule has 10 heteroatoms. The van der Waals surface area contributed by atoms with Gasteiger partial charge in [0.1, 0.15) is 30.5 Å². The van der Waals surface area contributed by atoms with Crippen molar-refractivity contribution in [1.82, 2.24) is 9.55 Å². The van der Waals surface area contributed by atoms with Gasteiger partial charge in [0.05, 0.1) is 6.61 Å². The van der Waals surface area contributed by atoms with E-state index in [1.165, 1.54) is 12.3 Å². The lowest BCUT2D eigenvalue weighted by Gasteiger charge is -2.42. The topological polar surface area (TPSA) is 121 Å². The Kier molecular flexibility index (Phi) is 4.33. The van der Waals surface area contributed by atoms with Crippen molar-refractivity contribution in [2.24, 2.45) is 0 Å². The summed E-state index contributed by atoms with van der Waals surface area (Å²) in [5.74, 6) is -1.80. The molecule has 3 fully saturated rings. The summed E-state index contributed by atoms with van der Waals surface area (Å²) in [7, 11) is 0. The van der Waals surface area contributed by atoms with E-state index in [-0.39, 0.29) is 6.61 Å². The van der Waals surface area contributed by atoms with Crippen molar-refractivity contribution in [3.63, 3.8) is 0 Å². The summed E-state index contributed by atoms with van der Waals surface area (Å²) < 4.78 is 30.8. The first-order valence-electron chi connectivity index (χ1n) is 8.89. The summed E-state index contributed by atoms with van der Waals surface area (Å²) in [4.78, 5) is 25.8. The summed E-state index contributed by atoms with van der Waals surface area (Å²) in [6.45, 7) is 7.24. The predicted molar refractivity (Wildman–Crippen MR) is 90.0 cm³/mol. The summed E-state index contributed by atoms with van der Waals surface area (Å²) in [6.07, 6.45) is -3.66. The monoisotopic (exact) mass is 384 g/mol. The third-order valence-electron chi connectivity index (χ3n) is 4.94. The molecule has 0 aliphatic carbocycles. The average Bonchev–Trinajstić information content (AvgIpc) is 2.84. The van der Waals surface area contributed by atoms with E-state index in [2.05, 4.69) is 4.98 Å². The molecule has 3 aliphatic heterocycles. The molecule has 6 atom stereocenters. The standard InChI is InChI=1S/C17H24N2O8/c1-16(2)23-7-8-11(25-16)13-12(26-17(3,4)27-13)10(21)14(24-8)19-6-5-9(20)18-15(19)22/h5-6,8,10-14,21H,7H2,1-4H3,(H,18,20,22)/t8?,10?,11-,12-,13?,14?/m0/s1. The second-order valence-corrected chi connectivity index (χ2v) is 7.93. The Morgan fingerprint density at radius 2 is 1.74 bits per heavy atom. The van der Waals surface area contributed by atoms with Crippen LogP contribution < -0.4 is 11.2 Å². The number of aromatic amines is 1. The van der Waals surface area contributed by atoms with Crippen LogP contribution in [0, 0.1) is 0 Å². The Balaban J connectivity index is 1.76. The highest BCUT2D eigenvalue weighted by molar-refractivity contribution is 5.01. The highest BCUT2D eigenvalue weighted by Crippen LogP contribution is 2.42. The molecule has 0 aromatic carbocycles. The van der Waals surface area contributed by atoms with Gasteiger partial charge < -0.3 is 28.8 Å². The minimum absolute atomic E-state index is 0.187. The number of aliphatic hydroxyl groups is 1. The number of hydrogen-bond donors (Lipinski definition) is 2. The molecule has 2 N–H and O–H groups in total. The van der Waals surface area contributed by atoms with E-state index in [0.717, 1.165) is 4.57 Å². The van der Waals surface area contributed by atoms with E-state index in [9.17, 15) is 14.7 Å². The van der Waals surface area contributed by atoms with Crippen molar-refractivity contribution in [3.05, 3.63) is 33.1 Å². The van der Waals surface area contributed by atoms with Crippen LogP contribution in [0.1, 0.15) is 33.9 Å². The first-order valence-corrected chi connectivity index (χ1v) is 8.89. The lowest BCUT2D eigenvalue weighted by Crippen LogP contribution is -2.55. The molecule has 0 amide bonds. The fraction of sp³-hybridized carbons (Fsp3) is 0.765. The van der Waals surface area contributed by atoms with Crippen molar-refractivity contribution in [1.29, 1.82) is 0 Å². The number of nitrogens with zero attached hydrogens (tertiary/aromatic N) is 1. The second kappa shape index (κ2) is 6.23. The van der Waals surface area contributed by atoms with E-state index >= 15 is 0 Å². The maximum atomic E-state index is 12.3. The lowest BCUT2D eigenvalue weighted by molar-refractivity contribution is -0.332. The Morgan fingerprint density at radius 3 is 2.44 bits per heavy atom. The second-order valence-electron chi connectivity index (χ2n) is 7.93. The van der Waals surface area contributed by atoms with Gasteiger partial charge in [-0.15, -0.1) is 0 Å². The third kappa shape index (κ3) is 3.37. The maximum absolute atomic E-state index is 12.3. The van der Waals surface area contributed by atoms with Crippen molar-refractivity contribution in [2.45, 2.75) is 76.0 Å². The molecular formula is C17H24N2O8. The Bertz CT molecular complexity index is 831. The van der Waals surface area contributed by atoms with E-state index in [1.54, 1.807) is 27.7 Å². The van der Waals surface area contributed by atoms with Gasteiger partial charge in [-0.2, -0.15) is 0 Å². The molecule has 0 spiro atoms. The van der Waals surface area contributed by atoms with E-state index < -0.39 is 59.6 Å². The lowest BCUT2D eigenvalue weighted by atomic mass is 9.99. The largest absolute Gasteiger partial charge is 0.386 e. The quantitative estimate of drug-likeness (QED) is 0.663. The number of fused-ring (bicyclic) bond motifs is 3. The zero-order valence-corrected chi connectivity index (χ0v) is 15.6. The van der Waals surface area contributed by atoms with Crippen LogP contribution in [0.2, 0.25) is 0 Å². The molecule has 1 aromatic rings. The molecule has 4 rings (SSSR count). The highest BCUT2D eigenvalue weighted by Gasteiger charge is 2.58. The van der Waals surface area contributed by atoms with Gasteiger partial charge in [0.25, 0.3) is 5.56 Å². The zero-order chi connectivity index (χ0) is 19.6. The van der Waals surface area contributed by atoms with Gasteiger partial charge in [-0.25, -0.2) is 4.79 Å². The van der Waals surface area contributed by atoms with Crippen LogP contribution in [0.25, 0.3) is 0 Å². The van der Waals surface area contributed by atoms with Gasteiger partial charge in [-0.3, -0.25) is 14.3 Å². The number of aliphatic hydroxyl groups excluding tert-OH is 1. The highest BCUT2D eigenvalue weighted by atomic mass is 16.8. The number of rotatable bonds is 1. The molecule has 150 valence electrons. The number of aromatic nitrogens is 2. The Morgan fingerprint density at radius 1 is 1.07 bits per heavy atom. The van der Waals surface area contributed by atoms with E-state index in [1.807, 2.05) is 0 Å². The van der Waals surface area contributed by atoms with Gasteiger partial charge in [0.15, 0.2) is 17.8 Å². The molecule has 27 heavy (non-hydrogen) atoms. The maximum Gasteiger partial charge on any atom is 0.330 e. The fourth-order valence-electron chi connectivity index (χ4n) is 3.83. The molecule has 0 saturated carbocycles. The van der Waals surface area contributed by atoms with Gasteiger partial charge in [0, 0.05) is 12.3 Å². The smallest absolute Gasteiger partial charge is 0.330 e. The molecule has 0 radical (unpaired) electrons. The van der Waals surface area contributed by atoms with Crippen LogP contribution >= 0.6 is 0 Å². The molecule has 4 unspecified atom stereocenters. The SMILES string of the molecule is CC1(C)OCC2OC(n3ccc(=O)[nH]c3=O)C(O)[C@@H]3OC(C)(C)OC3[C@H]2O1. The predicted octanol–water partition coefficient (Wildman–Crippen LogP) is -0.533. The minimum Gasteiger partial charge on any atom is -0.386 e. The molecule has 10 nitrogen and oxygen atoms in total. The van der Waals surface area contributed by atoms with Gasteiger partial charge in [0.2, 0.25) is 0 Å². The zero-order valence-electron chi connectivity index (χ0n) is 15.6. The van der Waals surface area contributed by atoms with Crippen LogP contribution in [-0.2, 0) is 23.7 Å². The van der Waals surface area contributed by atoms with E-state index in [0.29, 0.717) is 0 Å². The molecule has 3 aliphatic rings. The number of nitrogens with one attached hydrogen (secondary N) is 1. The first kappa shape index (κ1) is 18.8. The first-order chi connectivity index (χ1) is 12.6. The molecular weight excluding hydrogens is 360 g/mol. The van der Waals surface area contributed by atoms with Crippen molar-refractivity contribution in [3.8, 4) is 0 Å². The fourth-order valence-corrected chi connectivity index (χ4v) is 3.83. The van der Waals surface area contributed by atoms with Gasteiger partial charge >= 0.3 is 5.69 Å². The summed E-state index contributed by atoms with van der Waals surface area (Å²) in [5, 5.41) is 11.0. The van der Waals surface area contributed by atoms with Crippen LogP contribution in [0.3, 0.4) is 0 Å². The molecule has 3 saturated heterocycles. The molecule has 4 heterocycles. The molecule has 1 aromatic heterocycles. The third-order valence-corrected chi connectivity index (χ3v) is 4.94. The number of H-pyrrole nitrogens is 1. The molecule has 0 bridgehead atoms. The van der Waals surface area contributed by atoms with Crippen LogP contribution in [0.4, 0.5) is 0 Å². The van der Waals surface area contributed by atoms with Crippen molar-refractivity contribution < 1.29 is 28.8 Å². The van der Waals surface area contributed by atoms with Crippen molar-refractivity contribution in [2.75, 3.05) is 6.61 Å². The van der Waals surface area contributed by atoms with Crippen LogP contribution in [0.15, 0.2) is 21.9 Å². The van der Waals surface area contributed by atoms with Gasteiger partial charge in [-0.1, -0.05) is 0 Å². The van der Waals surface area contributed by atoms with E-state index in [4.69, 9.17) is 23.7 Å². The normalized spacial score (nSPS) is 40.0. The van der Waals surface area contributed by atoms with Crippen LogP contribution in [-0.4, -0.2) is 63.4 Å². The Hall–Kier alpha value is -1.56. The summed E-state index contributed by atoms with van der Waals surface area (Å²) >= 11 is 0. The summed E-state index contributed by atoms with van der Waals surface area (Å²) in [6, 6.07) is 1.18. The number of hydrogen-bond acceptors (Lipinski definition) is 8. The van der Waals surface area contributed by atoms with Crippen molar-refractivity contribution >= 4 is 0 Å². The Labute approximate surface area is 154 Å².